The summed E-state index contributed by atoms with van der Waals surface area (Å²) in [6, 6.07) is 18.1. The van der Waals surface area contributed by atoms with Crippen molar-refractivity contribution in [1.82, 2.24) is 4.90 Å². The van der Waals surface area contributed by atoms with Crippen molar-refractivity contribution in [1.29, 1.82) is 0 Å². The number of ether oxygens (including phenoxy) is 1. The number of aryl methyl sites for hydroxylation is 1. The van der Waals surface area contributed by atoms with E-state index in [-0.39, 0.29) is 17.8 Å². The predicted octanol–water partition coefficient (Wildman–Crippen LogP) is 5.39. The molecule has 5 heteroatoms. The van der Waals surface area contributed by atoms with E-state index >= 15 is 0 Å². The molecule has 1 fully saturated rings. The van der Waals surface area contributed by atoms with Crippen molar-refractivity contribution in [2.24, 2.45) is 0 Å². The first kappa shape index (κ1) is 19.2. The first-order chi connectivity index (χ1) is 14.2. The van der Waals surface area contributed by atoms with Crippen LogP contribution in [0.3, 0.4) is 0 Å². The maximum absolute atomic E-state index is 13.9. The van der Waals surface area contributed by atoms with Gasteiger partial charge in [-0.05, 0) is 54.8 Å². The summed E-state index contributed by atoms with van der Waals surface area (Å²) in [4.78, 5) is 14.8. The summed E-state index contributed by atoms with van der Waals surface area (Å²) in [6.45, 7) is 0.763. The Balaban J connectivity index is 1.41. The fourth-order valence-corrected chi connectivity index (χ4v) is 3.95. The fourth-order valence-electron chi connectivity index (χ4n) is 3.95. The number of hydrogen-bond acceptors (Lipinski definition) is 3. The average molecular weight is 393 g/mol. The van der Waals surface area contributed by atoms with Crippen LogP contribution < -0.4 is 4.74 Å². The van der Waals surface area contributed by atoms with Gasteiger partial charge in [0.05, 0.1) is 18.7 Å². The summed E-state index contributed by atoms with van der Waals surface area (Å²) in [5.74, 6) is 1.77. The summed E-state index contributed by atoms with van der Waals surface area (Å²) >= 11 is 0. The van der Waals surface area contributed by atoms with Gasteiger partial charge in [-0.1, -0.05) is 24.3 Å². The molecule has 1 aliphatic rings. The van der Waals surface area contributed by atoms with Gasteiger partial charge in [0.25, 0.3) is 0 Å². The molecule has 1 saturated heterocycles. The van der Waals surface area contributed by atoms with Crippen LogP contribution in [0.2, 0.25) is 0 Å². The molecule has 0 aliphatic carbocycles. The number of halogens is 1. The zero-order valence-corrected chi connectivity index (χ0v) is 16.4. The van der Waals surface area contributed by atoms with E-state index in [1.54, 1.807) is 31.4 Å². The Morgan fingerprint density at radius 3 is 2.86 bits per heavy atom. The molecule has 1 atom stereocenters. The molecule has 3 aromatic rings. The summed E-state index contributed by atoms with van der Waals surface area (Å²) in [5.41, 5.74) is 1.54. The standard InChI is InChI=1S/C24H24FNO3/c1-28-19-7-4-6-17(16-19)22-10-5-15-26(22)24(27)14-12-18-11-13-23(29-18)20-8-2-3-9-21(20)25/h2-4,6-9,11,13,16,22H,5,10,12,14-15H2,1H3. The maximum Gasteiger partial charge on any atom is 0.223 e. The van der Waals surface area contributed by atoms with Crippen LogP contribution in [0.15, 0.2) is 65.1 Å². The molecule has 4 rings (SSSR count). The summed E-state index contributed by atoms with van der Waals surface area (Å²) in [7, 11) is 1.65. The largest absolute Gasteiger partial charge is 0.497 e. The number of furan rings is 1. The van der Waals surface area contributed by atoms with Crippen LogP contribution in [-0.4, -0.2) is 24.5 Å². The molecule has 1 amide bonds. The number of carbonyl (C=O) groups excluding carboxylic acids is 1. The highest BCUT2D eigenvalue weighted by Crippen LogP contribution is 2.34. The summed E-state index contributed by atoms with van der Waals surface area (Å²) in [5, 5.41) is 0. The molecule has 0 spiro atoms. The minimum atomic E-state index is -0.317. The van der Waals surface area contributed by atoms with Crippen LogP contribution in [-0.2, 0) is 11.2 Å². The molecule has 1 unspecified atom stereocenters. The smallest absolute Gasteiger partial charge is 0.223 e. The van der Waals surface area contributed by atoms with Crippen molar-refractivity contribution in [3.8, 4) is 17.1 Å². The monoisotopic (exact) mass is 393 g/mol. The molecule has 150 valence electrons. The van der Waals surface area contributed by atoms with Gasteiger partial charge in [0.2, 0.25) is 5.91 Å². The van der Waals surface area contributed by atoms with Gasteiger partial charge in [-0.3, -0.25) is 4.79 Å². The van der Waals surface area contributed by atoms with Gasteiger partial charge < -0.3 is 14.1 Å². The van der Waals surface area contributed by atoms with Crippen molar-refractivity contribution in [2.45, 2.75) is 31.7 Å². The third-order valence-corrected chi connectivity index (χ3v) is 5.44. The molecule has 4 nitrogen and oxygen atoms in total. The van der Waals surface area contributed by atoms with Crippen molar-refractivity contribution >= 4 is 5.91 Å². The van der Waals surface area contributed by atoms with Crippen LogP contribution in [0, 0.1) is 5.82 Å². The SMILES string of the molecule is COc1cccc(C2CCCN2C(=O)CCc2ccc(-c3ccccc3F)o2)c1. The second kappa shape index (κ2) is 8.52. The van der Waals surface area contributed by atoms with Gasteiger partial charge in [0.1, 0.15) is 23.1 Å². The van der Waals surface area contributed by atoms with Crippen LogP contribution in [0.4, 0.5) is 4.39 Å². The third-order valence-electron chi connectivity index (χ3n) is 5.44. The zero-order chi connectivity index (χ0) is 20.2. The van der Waals surface area contributed by atoms with E-state index in [1.165, 1.54) is 6.07 Å². The lowest BCUT2D eigenvalue weighted by molar-refractivity contribution is -0.132. The van der Waals surface area contributed by atoms with Crippen LogP contribution in [0.5, 0.6) is 5.75 Å². The highest BCUT2D eigenvalue weighted by Gasteiger charge is 2.30. The summed E-state index contributed by atoms with van der Waals surface area (Å²) < 4.78 is 25.0. The number of methoxy groups -OCH3 is 1. The zero-order valence-electron chi connectivity index (χ0n) is 16.4. The minimum Gasteiger partial charge on any atom is -0.497 e. The third kappa shape index (κ3) is 4.19. The first-order valence-electron chi connectivity index (χ1n) is 9.93. The van der Waals surface area contributed by atoms with E-state index in [1.807, 2.05) is 35.2 Å². The Bertz CT molecular complexity index is 997. The maximum atomic E-state index is 13.9. The van der Waals surface area contributed by atoms with E-state index < -0.39 is 0 Å². The van der Waals surface area contributed by atoms with E-state index in [4.69, 9.17) is 9.15 Å². The van der Waals surface area contributed by atoms with Crippen LogP contribution in [0.25, 0.3) is 11.3 Å². The number of carbonyl (C=O) groups is 1. The van der Waals surface area contributed by atoms with E-state index in [0.29, 0.717) is 29.9 Å². The molecule has 0 N–H and O–H groups in total. The predicted molar refractivity (Wildman–Crippen MR) is 109 cm³/mol. The van der Waals surface area contributed by atoms with Crippen molar-refractivity contribution in [3.05, 3.63) is 77.8 Å². The lowest BCUT2D eigenvalue weighted by atomic mass is 10.0. The van der Waals surface area contributed by atoms with Crippen LogP contribution >= 0.6 is 0 Å². The molecule has 2 aromatic carbocycles. The lowest BCUT2D eigenvalue weighted by Gasteiger charge is -2.25. The molecule has 29 heavy (non-hydrogen) atoms. The molecule has 0 saturated carbocycles. The molecule has 0 radical (unpaired) electrons. The van der Waals surface area contributed by atoms with Crippen LogP contribution in [0.1, 0.15) is 36.6 Å². The van der Waals surface area contributed by atoms with Gasteiger partial charge >= 0.3 is 0 Å². The van der Waals surface area contributed by atoms with E-state index in [0.717, 1.165) is 30.7 Å². The second-order valence-electron chi connectivity index (χ2n) is 7.27. The highest BCUT2D eigenvalue weighted by molar-refractivity contribution is 5.77. The molecule has 1 aliphatic heterocycles. The quantitative estimate of drug-likeness (QED) is 0.564. The van der Waals surface area contributed by atoms with Crippen molar-refractivity contribution in [2.75, 3.05) is 13.7 Å². The van der Waals surface area contributed by atoms with E-state index in [9.17, 15) is 9.18 Å². The molecule has 2 heterocycles. The number of nitrogens with zero attached hydrogens (tertiary/aromatic N) is 1. The minimum absolute atomic E-state index is 0.0863. The lowest BCUT2D eigenvalue weighted by Crippen LogP contribution is -2.30. The molecule has 1 aromatic heterocycles. The second-order valence-corrected chi connectivity index (χ2v) is 7.27. The normalized spacial score (nSPS) is 16.2. The number of likely N-dealkylation sites (tertiary alicyclic amines) is 1. The van der Waals surface area contributed by atoms with Gasteiger partial charge in [-0.25, -0.2) is 4.39 Å². The first-order valence-corrected chi connectivity index (χ1v) is 9.93. The Kier molecular flexibility index (Phi) is 5.65. The summed E-state index contributed by atoms with van der Waals surface area (Å²) in [6.07, 6.45) is 2.81. The van der Waals surface area contributed by atoms with E-state index in [2.05, 4.69) is 0 Å². The van der Waals surface area contributed by atoms with Crippen molar-refractivity contribution in [3.63, 3.8) is 0 Å². The van der Waals surface area contributed by atoms with Gasteiger partial charge in [0.15, 0.2) is 0 Å². The average Bonchev–Trinajstić information content (AvgIpc) is 3.42. The number of benzene rings is 2. The Morgan fingerprint density at radius 1 is 1.17 bits per heavy atom. The molecule has 0 bridgehead atoms. The number of hydrogen-bond donors (Lipinski definition) is 0. The van der Waals surface area contributed by atoms with Crippen molar-refractivity contribution < 1.29 is 18.3 Å². The number of amides is 1. The highest BCUT2D eigenvalue weighted by atomic mass is 19.1. The Labute approximate surface area is 169 Å². The Hall–Kier alpha value is -3.08. The fraction of sp³-hybridized carbons (Fsp3) is 0.292. The molecular weight excluding hydrogens is 369 g/mol. The van der Waals surface area contributed by atoms with Gasteiger partial charge in [-0.2, -0.15) is 0 Å². The van der Waals surface area contributed by atoms with Gasteiger partial charge in [-0.15, -0.1) is 0 Å². The topological polar surface area (TPSA) is 42.7 Å². The Morgan fingerprint density at radius 2 is 2.03 bits per heavy atom. The van der Waals surface area contributed by atoms with Gasteiger partial charge in [0, 0.05) is 19.4 Å². The molecular formula is C24H24FNO3. The number of rotatable bonds is 6.